The molecule has 0 radical (unpaired) electrons. The van der Waals surface area contributed by atoms with Crippen LogP contribution in [0.5, 0.6) is 0 Å². The molecule has 0 spiro atoms. The first-order chi connectivity index (χ1) is 19.9. The molecule has 4 aromatic rings. The first-order valence-electron chi connectivity index (χ1n) is 13.8. The predicted octanol–water partition coefficient (Wildman–Crippen LogP) is 5.17. The van der Waals surface area contributed by atoms with E-state index in [1.807, 2.05) is 55.5 Å². The normalized spacial score (nSPS) is 16.8. The van der Waals surface area contributed by atoms with E-state index in [0.717, 1.165) is 36.1 Å². The maximum absolute atomic E-state index is 15.7. The Morgan fingerprint density at radius 3 is 2.59 bits per heavy atom. The molecule has 4 N–H and O–H groups in total. The summed E-state index contributed by atoms with van der Waals surface area (Å²) in [4.78, 5) is 4.29. The Labute approximate surface area is 238 Å². The topological polar surface area (TPSA) is 88.0 Å². The van der Waals surface area contributed by atoms with Gasteiger partial charge in [0, 0.05) is 29.5 Å². The Morgan fingerprint density at radius 2 is 1.90 bits per heavy atom. The molecule has 2 aliphatic rings. The third kappa shape index (κ3) is 5.16. The number of benzene rings is 3. The Kier molecular flexibility index (Phi) is 6.97. The van der Waals surface area contributed by atoms with Crippen LogP contribution in [0, 0.1) is 23.0 Å². The van der Waals surface area contributed by atoms with Gasteiger partial charge >= 0.3 is 0 Å². The minimum atomic E-state index is -0.881. The van der Waals surface area contributed by atoms with E-state index in [1.54, 1.807) is 12.1 Å². The second kappa shape index (κ2) is 10.7. The standard InChI is InChI=1S/C31H30BF2N7/c1-2-27(19-6-4-3-5-7-19)37-29-20(16-35)17-36-30-25(29)14-23(15-26(30)34)38-31(32,21-8-10-22(33)11-9-21)28-18-41(40-39-28)24-12-13-24/h3-11,14-15,17-18,24,27,38-40H,2,12-13,32H2,1H3,(H,36,37)/t27-,31?/m1/s1. The number of aromatic nitrogens is 1. The summed E-state index contributed by atoms with van der Waals surface area (Å²) in [6.45, 7) is 2.06. The van der Waals surface area contributed by atoms with Crippen molar-refractivity contribution < 1.29 is 8.78 Å². The molecule has 1 fully saturated rings. The highest BCUT2D eigenvalue weighted by molar-refractivity contribution is 6.19. The number of rotatable bonds is 9. The zero-order valence-electron chi connectivity index (χ0n) is 22.9. The Hall–Kier alpha value is -4.62. The lowest BCUT2D eigenvalue weighted by Gasteiger charge is -2.34. The van der Waals surface area contributed by atoms with E-state index in [1.165, 1.54) is 24.4 Å². The zero-order chi connectivity index (χ0) is 28.6. The molecule has 3 aromatic carbocycles. The van der Waals surface area contributed by atoms with E-state index >= 15 is 4.39 Å². The van der Waals surface area contributed by atoms with E-state index < -0.39 is 11.3 Å². The summed E-state index contributed by atoms with van der Waals surface area (Å²) in [7, 11) is 1.96. The van der Waals surface area contributed by atoms with Crippen LogP contribution in [0.3, 0.4) is 0 Å². The predicted molar refractivity (Wildman–Crippen MR) is 159 cm³/mol. The lowest BCUT2D eigenvalue weighted by atomic mass is 9.69. The molecule has 10 heteroatoms. The summed E-state index contributed by atoms with van der Waals surface area (Å²) in [5.74, 6) is -0.855. The van der Waals surface area contributed by atoms with Crippen molar-refractivity contribution in [2.45, 2.75) is 43.7 Å². The SMILES string of the molecule is BC(Nc1cc(F)c2ncc(C#N)c(N[C@H](CC)c3ccccc3)c2c1)(C1=CN(C2CC2)NN1)c1ccc(F)cc1. The summed E-state index contributed by atoms with van der Waals surface area (Å²) >= 11 is 0. The second-order valence-electron chi connectivity index (χ2n) is 10.7. The number of nitriles is 1. The Morgan fingerprint density at radius 1 is 1.15 bits per heavy atom. The minimum absolute atomic E-state index is 0.0922. The number of halogens is 2. The Bertz CT molecular complexity index is 1650. The smallest absolute Gasteiger partial charge is 0.151 e. The summed E-state index contributed by atoms with van der Waals surface area (Å²) in [6.07, 6.45) is 6.36. The number of hydrazine groups is 2. The molecule has 1 aromatic heterocycles. The maximum Gasteiger partial charge on any atom is 0.151 e. The van der Waals surface area contributed by atoms with Crippen molar-refractivity contribution in [3.63, 3.8) is 0 Å². The number of pyridine rings is 1. The summed E-state index contributed by atoms with van der Waals surface area (Å²) < 4.78 is 29.6. The van der Waals surface area contributed by atoms with Gasteiger partial charge < -0.3 is 16.1 Å². The van der Waals surface area contributed by atoms with E-state index in [4.69, 9.17) is 0 Å². The van der Waals surface area contributed by atoms with Crippen molar-refractivity contribution in [2.75, 3.05) is 10.6 Å². The van der Waals surface area contributed by atoms with Crippen LogP contribution >= 0.6 is 0 Å². The molecule has 0 bridgehead atoms. The number of fused-ring (bicyclic) bond motifs is 1. The molecule has 1 aliphatic carbocycles. The zero-order valence-corrected chi connectivity index (χ0v) is 22.9. The molecule has 0 saturated heterocycles. The van der Waals surface area contributed by atoms with Gasteiger partial charge in [-0.1, -0.05) is 49.4 Å². The lowest BCUT2D eigenvalue weighted by Crippen LogP contribution is -2.45. The number of hydrogen-bond donors (Lipinski definition) is 4. The molecule has 41 heavy (non-hydrogen) atoms. The monoisotopic (exact) mass is 549 g/mol. The highest BCUT2D eigenvalue weighted by atomic mass is 19.1. The quantitative estimate of drug-likeness (QED) is 0.214. The average molecular weight is 549 g/mol. The molecule has 1 saturated carbocycles. The number of anilines is 2. The minimum Gasteiger partial charge on any atom is -0.378 e. The molecule has 0 amide bonds. The fourth-order valence-corrected chi connectivity index (χ4v) is 5.35. The van der Waals surface area contributed by atoms with Crippen LogP contribution in [0.1, 0.15) is 48.9 Å². The van der Waals surface area contributed by atoms with Crippen LogP contribution in [-0.4, -0.2) is 23.9 Å². The third-order valence-corrected chi connectivity index (χ3v) is 7.86. The van der Waals surface area contributed by atoms with Crippen molar-refractivity contribution in [1.82, 2.24) is 21.0 Å². The summed E-state index contributed by atoms with van der Waals surface area (Å²) in [6, 6.07) is 22.0. The molecule has 1 aliphatic heterocycles. The van der Waals surface area contributed by atoms with Gasteiger partial charge in [0.15, 0.2) is 5.82 Å². The molecule has 206 valence electrons. The van der Waals surface area contributed by atoms with Crippen LogP contribution < -0.4 is 21.6 Å². The lowest BCUT2D eigenvalue weighted by molar-refractivity contribution is 0.260. The molecule has 6 rings (SSSR count). The van der Waals surface area contributed by atoms with Gasteiger partial charge in [-0.3, -0.25) is 9.99 Å². The maximum atomic E-state index is 15.7. The van der Waals surface area contributed by atoms with Gasteiger partial charge in [-0.15, -0.1) is 5.53 Å². The Balaban J connectivity index is 1.44. The van der Waals surface area contributed by atoms with Gasteiger partial charge in [-0.2, -0.15) is 5.26 Å². The number of hydrogen-bond acceptors (Lipinski definition) is 7. The van der Waals surface area contributed by atoms with Gasteiger partial charge in [0.1, 0.15) is 25.2 Å². The average Bonchev–Trinajstić information content (AvgIpc) is 3.72. The van der Waals surface area contributed by atoms with Gasteiger partial charge in [0.05, 0.1) is 28.4 Å². The van der Waals surface area contributed by atoms with Crippen molar-refractivity contribution in [3.8, 4) is 6.07 Å². The molecular formula is C31H30BF2N7. The molecule has 2 atom stereocenters. The van der Waals surface area contributed by atoms with E-state index in [2.05, 4.69) is 39.6 Å². The summed E-state index contributed by atoms with van der Waals surface area (Å²) in [5.41, 5.74) is 9.73. The van der Waals surface area contributed by atoms with Gasteiger partial charge in [-0.05, 0) is 54.7 Å². The van der Waals surface area contributed by atoms with Gasteiger partial charge in [-0.25, -0.2) is 8.78 Å². The van der Waals surface area contributed by atoms with E-state index in [0.29, 0.717) is 28.4 Å². The highest BCUT2D eigenvalue weighted by Crippen LogP contribution is 2.38. The molecule has 7 nitrogen and oxygen atoms in total. The van der Waals surface area contributed by atoms with Gasteiger partial charge in [0.2, 0.25) is 0 Å². The molecule has 1 unspecified atom stereocenters. The van der Waals surface area contributed by atoms with E-state index in [-0.39, 0.29) is 17.4 Å². The highest BCUT2D eigenvalue weighted by Gasteiger charge is 2.38. The molecule has 2 heterocycles. The first kappa shape index (κ1) is 26.6. The second-order valence-corrected chi connectivity index (χ2v) is 10.7. The van der Waals surface area contributed by atoms with Crippen molar-refractivity contribution in [2.24, 2.45) is 0 Å². The molecular weight excluding hydrogens is 519 g/mol. The number of nitrogens with zero attached hydrogens (tertiary/aromatic N) is 3. The van der Waals surface area contributed by atoms with Crippen molar-refractivity contribution in [1.29, 1.82) is 5.26 Å². The van der Waals surface area contributed by atoms with Crippen LogP contribution in [0.2, 0.25) is 0 Å². The van der Waals surface area contributed by atoms with Crippen LogP contribution in [-0.2, 0) is 5.44 Å². The largest absolute Gasteiger partial charge is 0.378 e. The van der Waals surface area contributed by atoms with Crippen molar-refractivity contribution in [3.05, 3.63) is 113 Å². The van der Waals surface area contributed by atoms with E-state index in [9.17, 15) is 9.65 Å². The van der Waals surface area contributed by atoms with Gasteiger partial charge in [0.25, 0.3) is 0 Å². The van der Waals surface area contributed by atoms with Crippen LogP contribution in [0.4, 0.5) is 20.2 Å². The van der Waals surface area contributed by atoms with Crippen molar-refractivity contribution >= 4 is 30.1 Å². The number of nitrogens with one attached hydrogen (secondary N) is 4. The first-order valence-corrected chi connectivity index (χ1v) is 13.8. The van der Waals surface area contributed by atoms with Crippen LogP contribution in [0.25, 0.3) is 10.9 Å². The fourth-order valence-electron chi connectivity index (χ4n) is 5.35. The van der Waals surface area contributed by atoms with Crippen LogP contribution in [0.15, 0.2) is 84.8 Å². The fraction of sp³-hybridized carbons (Fsp3) is 0.226. The summed E-state index contributed by atoms with van der Waals surface area (Å²) in [5, 5.41) is 19.5. The third-order valence-electron chi connectivity index (χ3n) is 7.86.